The van der Waals surface area contributed by atoms with Crippen molar-refractivity contribution in [2.45, 2.75) is 86.3 Å². The number of piperazine rings is 3. The van der Waals surface area contributed by atoms with Crippen LogP contribution >= 0.6 is 45.9 Å². The van der Waals surface area contributed by atoms with E-state index in [-0.39, 0.29) is 80.9 Å². The van der Waals surface area contributed by atoms with Gasteiger partial charge in [0, 0.05) is 177 Å². The van der Waals surface area contributed by atoms with Gasteiger partial charge in [-0.3, -0.25) is 28.5 Å². The van der Waals surface area contributed by atoms with Gasteiger partial charge >= 0.3 is 0 Å². The van der Waals surface area contributed by atoms with Gasteiger partial charge in [0.2, 0.25) is 11.8 Å². The van der Waals surface area contributed by atoms with E-state index in [1.54, 1.807) is 114 Å². The monoisotopic (exact) mass is 1620 g/mol. The first kappa shape index (κ1) is 77.9. The van der Waals surface area contributed by atoms with Crippen molar-refractivity contribution in [1.82, 2.24) is 39.2 Å². The summed E-state index contributed by atoms with van der Waals surface area (Å²) in [4.78, 5) is 69.9. The molecule has 2 unspecified atom stereocenters. The number of anilines is 7. The number of carbonyl (C=O) groups excluding carboxylic acids is 3. The number of ether oxygens (including phenoxy) is 1. The van der Waals surface area contributed by atoms with E-state index >= 15 is 0 Å². The Balaban J connectivity index is 0.000000230. The molecule has 0 saturated carbocycles. The second kappa shape index (κ2) is 33.8. The van der Waals surface area contributed by atoms with Crippen molar-refractivity contribution in [3.8, 4) is 5.75 Å². The van der Waals surface area contributed by atoms with Crippen molar-refractivity contribution in [2.24, 2.45) is 0 Å². The van der Waals surface area contributed by atoms with Crippen LogP contribution in [0.5, 0.6) is 5.75 Å². The number of hydrogen-bond donors (Lipinski definition) is 3. The van der Waals surface area contributed by atoms with Gasteiger partial charge in [-0.2, -0.15) is 0 Å². The average Bonchev–Trinajstić information content (AvgIpc) is 1.77. The minimum atomic E-state index is -3.77. The Bertz CT molecular complexity index is 5220. The van der Waals surface area contributed by atoms with Gasteiger partial charge in [-0.1, -0.05) is 23.2 Å². The molecule has 3 N–H and O–H groups in total. The fourth-order valence-corrected chi connectivity index (χ4v) is 18.3. The van der Waals surface area contributed by atoms with Crippen molar-refractivity contribution in [1.29, 1.82) is 0 Å². The number of thiazole rings is 2. The zero-order valence-corrected chi connectivity index (χ0v) is 65.0. The first-order valence-electron chi connectivity index (χ1n) is 34.7. The summed E-state index contributed by atoms with van der Waals surface area (Å²) in [6.07, 6.45) is 8.19. The van der Waals surface area contributed by atoms with Gasteiger partial charge in [-0.15, -0.1) is 22.7 Å². The molecule has 25 nitrogen and oxygen atoms in total. The number of amides is 3. The van der Waals surface area contributed by atoms with Gasteiger partial charge in [0.1, 0.15) is 41.6 Å². The summed E-state index contributed by atoms with van der Waals surface area (Å²) in [5.41, 5.74) is 6.47. The van der Waals surface area contributed by atoms with Crippen LogP contribution in [0.4, 0.5) is 47.6 Å². The quantitative estimate of drug-likeness (QED) is 0.0678. The highest BCUT2D eigenvalue weighted by Gasteiger charge is 2.35. The molecule has 0 aliphatic carbocycles. The number of nitrogens with one attached hydrogen (secondary N) is 3. The molecule has 0 bridgehead atoms. The largest absolute Gasteiger partial charge is 0.484 e. The number of fused-ring (bicyclic) bond motifs is 2. The molecule has 8 heterocycles. The molecule has 14 rings (SSSR count). The lowest BCUT2D eigenvalue weighted by atomic mass is 10.00. The second-order valence-corrected chi connectivity index (χ2v) is 33.9. The van der Waals surface area contributed by atoms with E-state index in [2.05, 4.69) is 53.7 Å². The Morgan fingerprint density at radius 2 is 1.15 bits per heavy atom. The Morgan fingerprint density at radius 1 is 0.593 bits per heavy atom. The summed E-state index contributed by atoms with van der Waals surface area (Å²) in [6.45, 7) is 16.3. The van der Waals surface area contributed by atoms with Crippen LogP contribution in [-0.2, 0) is 50.9 Å². The third-order valence-corrected chi connectivity index (χ3v) is 25.3. The van der Waals surface area contributed by atoms with Crippen molar-refractivity contribution in [3.05, 3.63) is 208 Å². The number of aryl methyl sites for hydroxylation is 2. The molecule has 0 spiro atoms. The van der Waals surface area contributed by atoms with Gasteiger partial charge in [0.25, 0.3) is 36.0 Å². The molecular weight excluding hydrogens is 1530 g/mol. The molecule has 6 aromatic carbocycles. The lowest BCUT2D eigenvalue weighted by Gasteiger charge is -2.42. The normalized spacial score (nSPS) is 16.8. The number of sulfonamides is 3. The first-order chi connectivity index (χ1) is 51.7. The number of benzene rings is 6. The summed E-state index contributed by atoms with van der Waals surface area (Å²) in [5.74, 6) is -0.336. The van der Waals surface area contributed by atoms with Gasteiger partial charge in [0.05, 0.1) is 19.7 Å². The molecule has 578 valence electrons. The van der Waals surface area contributed by atoms with E-state index in [1.165, 1.54) is 71.1 Å². The Kier molecular flexibility index (Phi) is 24.4. The molecule has 10 aromatic rings. The van der Waals surface area contributed by atoms with Crippen LogP contribution in [0, 0.1) is 18.6 Å². The van der Waals surface area contributed by atoms with Crippen molar-refractivity contribution >= 4 is 143 Å². The Morgan fingerprint density at radius 3 is 1.69 bits per heavy atom. The van der Waals surface area contributed by atoms with Crippen LogP contribution in [0.15, 0.2) is 190 Å². The number of rotatable bonds is 19. The van der Waals surface area contributed by atoms with E-state index in [1.807, 2.05) is 72.5 Å². The molecular formula is C74H89Cl2F2N15O10S5. The third-order valence-electron chi connectivity index (χ3n) is 19.1. The smallest absolute Gasteiger partial charge is 0.263 e. The molecule has 3 fully saturated rings. The molecule has 108 heavy (non-hydrogen) atoms. The first-order valence-corrected chi connectivity index (χ1v) is 41.6. The summed E-state index contributed by atoms with van der Waals surface area (Å²) >= 11 is 14.4. The highest BCUT2D eigenvalue weighted by Crippen LogP contribution is 2.34. The van der Waals surface area contributed by atoms with Crippen molar-refractivity contribution in [3.63, 3.8) is 0 Å². The van der Waals surface area contributed by atoms with Crippen LogP contribution in [0.3, 0.4) is 0 Å². The van der Waals surface area contributed by atoms with Gasteiger partial charge in [-0.25, -0.2) is 54.0 Å². The van der Waals surface area contributed by atoms with E-state index in [0.29, 0.717) is 87.2 Å². The fraction of sp³-hybridized carbons (Fsp3) is 0.311. The second-order valence-electron chi connectivity index (χ2n) is 26.3. The maximum absolute atomic E-state index is 13.6. The number of nitrogens with zero attached hydrogens (tertiary/aromatic N) is 12. The molecule has 4 aliphatic heterocycles. The Hall–Kier alpha value is -9.70. The lowest BCUT2D eigenvalue weighted by molar-refractivity contribution is -0.137. The zero-order chi connectivity index (χ0) is 76.6. The number of aromatic nitrogens is 5. The van der Waals surface area contributed by atoms with Crippen molar-refractivity contribution in [2.75, 3.05) is 112 Å². The van der Waals surface area contributed by atoms with Gasteiger partial charge in [0.15, 0.2) is 16.9 Å². The summed E-state index contributed by atoms with van der Waals surface area (Å²) in [6, 6.07) is 37.1. The third kappa shape index (κ3) is 18.7. The van der Waals surface area contributed by atoms with Crippen LogP contribution in [-0.4, -0.2) is 179 Å². The summed E-state index contributed by atoms with van der Waals surface area (Å²) < 4.78 is 117. The molecule has 4 aliphatic rings. The topological polar surface area (TPSA) is 278 Å². The molecule has 3 saturated heterocycles. The zero-order valence-electron chi connectivity index (χ0n) is 59.5. The summed E-state index contributed by atoms with van der Waals surface area (Å²) in [5, 5.41) is 5.45. The maximum Gasteiger partial charge on any atom is 0.263 e. The van der Waals surface area contributed by atoms with Crippen LogP contribution in [0.1, 0.15) is 58.5 Å². The summed E-state index contributed by atoms with van der Waals surface area (Å²) in [7, 11) is -11.2. The minimum Gasteiger partial charge on any atom is -0.484 e. The SMILES string of the molecule is CC1CN(c2ccc(S(=O)(=O)Nc3nccs3)cc2)CCN1C(=O)C(C)n1ccc2cc(F)ccc21.C[C@H]1CN(c2ccc(S(=O)(=O)Nc3nccs3)cc2)CCN1C(=O)COc1ccc(F)c(Cl)c1.Cc1cc(NS(=O)(=O)c2ccc(N3CCN(C(=O)[C@@H](C)N4CCCc5cc(Cl)ccc54)CC3)cc2)ncn1.[HH].[HH].[HH].[HH].[HH]. The number of halogens is 4. The van der Waals surface area contributed by atoms with Crippen LogP contribution in [0.2, 0.25) is 10.0 Å². The van der Waals surface area contributed by atoms with E-state index in [0.717, 1.165) is 58.1 Å². The molecule has 4 atom stereocenters. The molecule has 0 radical (unpaired) electrons. The molecule has 4 aromatic heterocycles. The standard InChI is InChI=1S/C27H31ClN6O3S.C25H26FN5O3S2.C22H22ClFN4O4S2.5H2/c1-19-16-26(30-18-29-19)31-38(36,37)24-8-6-23(7-9-24)32-12-14-33(15-13-32)27(35)20(2)34-11-3-4-21-17-22(28)5-10-25(21)34;1-17-16-29(21-4-6-22(7-5-21)36(33,34)28-25-27-10-14-35-25)12-13-30(17)24(32)18(2)31-11-9-19-15-20(26)3-8-23(19)31;1-15-13-27(9-10-28(15)21(29)14-32-17-4-7-20(24)19(23)12-17)16-2-5-18(6-3-16)34(30,31)26-22-25-8-11-33-22;;;;;/h5-10,16-18,20H,3-4,11-15H2,1-2H3,(H,29,30,31);3-11,14-15,17-18H,12-13,16H2,1-2H3,(H,27,28);2-8,11-12,15H,9-10,13-14H2,1H3,(H,25,26);5*1H/t20-;;15-;;;;;/m1.0...../s1. The lowest BCUT2D eigenvalue weighted by Crippen LogP contribution is -2.55. The van der Waals surface area contributed by atoms with Crippen LogP contribution in [0.25, 0.3) is 10.9 Å². The maximum atomic E-state index is 13.6. The van der Waals surface area contributed by atoms with E-state index < -0.39 is 41.9 Å². The van der Waals surface area contributed by atoms with Crippen molar-refractivity contribution < 1.29 is 60.3 Å². The highest BCUT2D eigenvalue weighted by atomic mass is 35.5. The average molecular weight is 1620 g/mol. The number of hydrogen-bond acceptors (Lipinski definition) is 20. The van der Waals surface area contributed by atoms with Crippen LogP contribution < -0.4 is 38.5 Å². The number of carbonyl (C=O) groups is 3. The molecule has 34 heteroatoms. The Labute approximate surface area is 651 Å². The molecule has 3 amide bonds. The van der Waals surface area contributed by atoms with Gasteiger partial charge < -0.3 is 43.6 Å². The fourth-order valence-electron chi connectivity index (χ4n) is 13.4. The van der Waals surface area contributed by atoms with E-state index in [4.69, 9.17) is 27.9 Å². The predicted octanol–water partition coefficient (Wildman–Crippen LogP) is 13.1. The van der Waals surface area contributed by atoms with E-state index in [9.17, 15) is 48.4 Å². The van der Waals surface area contributed by atoms with Gasteiger partial charge in [-0.05, 0) is 180 Å². The predicted molar refractivity (Wildman–Crippen MR) is 429 cm³/mol. The minimum absolute atomic E-state index is 0. The highest BCUT2D eigenvalue weighted by molar-refractivity contribution is 7.93.